The number of hydrogen-bond acceptors (Lipinski definition) is 5. The largest absolute Gasteiger partial charge is 0.428 e. The molecule has 0 spiro atoms. The van der Waals surface area contributed by atoms with Gasteiger partial charge in [0, 0.05) is 31.4 Å². The van der Waals surface area contributed by atoms with Crippen molar-refractivity contribution in [3.8, 4) is 0 Å². The van der Waals surface area contributed by atoms with Gasteiger partial charge < -0.3 is 9.47 Å². The highest BCUT2D eigenvalue weighted by Gasteiger charge is 2.24. The van der Waals surface area contributed by atoms with Crippen LogP contribution in [0.4, 0.5) is 0 Å². The van der Waals surface area contributed by atoms with Gasteiger partial charge in [-0.15, -0.1) is 0 Å². The summed E-state index contributed by atoms with van der Waals surface area (Å²) in [6.07, 6.45) is 2.50. The summed E-state index contributed by atoms with van der Waals surface area (Å²) in [5.41, 5.74) is 0.853. The highest BCUT2D eigenvalue weighted by Crippen LogP contribution is 2.21. The zero-order chi connectivity index (χ0) is 11.3. The van der Waals surface area contributed by atoms with E-state index in [0.717, 1.165) is 24.2 Å². The van der Waals surface area contributed by atoms with E-state index in [1.54, 1.807) is 6.92 Å². The number of carbonyl (C=O) groups excluding carboxylic acids is 2. The molecule has 1 unspecified atom stereocenters. The number of ether oxygens (including phenoxy) is 2. The lowest BCUT2D eigenvalue weighted by Crippen LogP contribution is -2.14. The highest BCUT2D eigenvalue weighted by atomic mass is 32.2. The zero-order valence-corrected chi connectivity index (χ0v) is 9.63. The van der Waals surface area contributed by atoms with Gasteiger partial charge in [-0.2, -0.15) is 0 Å². The zero-order valence-electron chi connectivity index (χ0n) is 8.82. The number of methoxy groups -OCH3 is 1. The number of esters is 1. The van der Waals surface area contributed by atoms with Gasteiger partial charge in [-0.05, 0) is 12.8 Å². The highest BCUT2D eigenvalue weighted by molar-refractivity contribution is 8.13. The van der Waals surface area contributed by atoms with Gasteiger partial charge in [-0.3, -0.25) is 4.79 Å². The minimum atomic E-state index is -0.528. The molecular formula is C10H14O4S. The average molecular weight is 230 g/mol. The molecule has 15 heavy (non-hydrogen) atoms. The molecule has 1 heterocycles. The van der Waals surface area contributed by atoms with Crippen molar-refractivity contribution in [2.75, 3.05) is 12.9 Å². The maximum absolute atomic E-state index is 10.9. The van der Waals surface area contributed by atoms with Gasteiger partial charge in [0.05, 0.1) is 0 Å². The normalized spacial score (nSPS) is 20.0. The molecule has 1 aliphatic rings. The van der Waals surface area contributed by atoms with E-state index in [9.17, 15) is 9.59 Å². The van der Waals surface area contributed by atoms with Gasteiger partial charge in [-0.1, -0.05) is 11.8 Å². The number of thioether (sulfide) groups is 1. The first-order valence-electron chi connectivity index (χ1n) is 4.70. The molecule has 84 valence electrons. The van der Waals surface area contributed by atoms with Crippen LogP contribution in [-0.4, -0.2) is 30.2 Å². The van der Waals surface area contributed by atoms with Crippen LogP contribution in [0.1, 0.15) is 19.8 Å². The van der Waals surface area contributed by atoms with Crippen LogP contribution in [0.2, 0.25) is 0 Å². The summed E-state index contributed by atoms with van der Waals surface area (Å²) in [6, 6.07) is 0. The summed E-state index contributed by atoms with van der Waals surface area (Å²) >= 11 is 1.29. The Hall–Kier alpha value is -0.810. The molecule has 0 N–H and O–H groups in total. The fourth-order valence-electron chi connectivity index (χ4n) is 1.32. The first-order chi connectivity index (χ1) is 7.13. The first kappa shape index (κ1) is 12.3. The molecule has 0 saturated carbocycles. The van der Waals surface area contributed by atoms with E-state index < -0.39 is 6.29 Å². The van der Waals surface area contributed by atoms with E-state index in [0.29, 0.717) is 0 Å². The maximum Gasteiger partial charge on any atom is 0.333 e. The summed E-state index contributed by atoms with van der Waals surface area (Å²) in [4.78, 5) is 21.6. The van der Waals surface area contributed by atoms with Crippen molar-refractivity contribution in [3.63, 3.8) is 0 Å². The van der Waals surface area contributed by atoms with Gasteiger partial charge >= 0.3 is 5.97 Å². The molecule has 0 aromatic rings. The second kappa shape index (κ2) is 5.92. The van der Waals surface area contributed by atoms with Crippen molar-refractivity contribution >= 4 is 22.8 Å². The molecule has 0 aromatic carbocycles. The number of hydrogen-bond donors (Lipinski definition) is 0. The molecule has 4 nitrogen and oxygen atoms in total. The molecule has 1 aliphatic heterocycles. The second-order valence-corrected chi connectivity index (χ2v) is 4.44. The smallest absolute Gasteiger partial charge is 0.333 e. The van der Waals surface area contributed by atoms with Gasteiger partial charge in [-0.25, -0.2) is 4.79 Å². The Labute approximate surface area is 93.0 Å². The van der Waals surface area contributed by atoms with Crippen molar-refractivity contribution in [3.05, 3.63) is 11.6 Å². The third-order valence-electron chi connectivity index (χ3n) is 1.96. The average Bonchev–Trinajstić information content (AvgIpc) is 2.53. The molecule has 0 aliphatic carbocycles. The van der Waals surface area contributed by atoms with Crippen LogP contribution in [0.25, 0.3) is 0 Å². The van der Waals surface area contributed by atoms with Crippen molar-refractivity contribution in [2.24, 2.45) is 0 Å². The van der Waals surface area contributed by atoms with E-state index in [2.05, 4.69) is 0 Å². The molecule has 0 fully saturated rings. The molecule has 1 atom stereocenters. The van der Waals surface area contributed by atoms with E-state index in [1.807, 2.05) is 0 Å². The molecule has 0 saturated heterocycles. The standard InChI is InChI=1S/C10H14O4S/c1-7(11)15-5-3-4-8-6-9(12)14-10(8)13-2/h6,10H,3-5H2,1-2H3. The molecule has 0 bridgehead atoms. The van der Waals surface area contributed by atoms with E-state index >= 15 is 0 Å². The Morgan fingerprint density at radius 1 is 1.67 bits per heavy atom. The first-order valence-corrected chi connectivity index (χ1v) is 5.69. The van der Waals surface area contributed by atoms with E-state index in [-0.39, 0.29) is 11.1 Å². The Bertz CT molecular complexity index is 285. The molecule has 0 aromatic heterocycles. The molecule has 0 radical (unpaired) electrons. The van der Waals surface area contributed by atoms with Crippen LogP contribution in [0.3, 0.4) is 0 Å². The fourth-order valence-corrected chi connectivity index (χ4v) is 1.89. The Morgan fingerprint density at radius 3 is 3.00 bits per heavy atom. The topological polar surface area (TPSA) is 52.6 Å². The molecule has 1 rings (SSSR count). The predicted octanol–water partition coefficient (Wildman–Crippen LogP) is 1.50. The summed E-state index contributed by atoms with van der Waals surface area (Å²) in [5, 5.41) is 0.117. The van der Waals surface area contributed by atoms with Crippen LogP contribution in [0.5, 0.6) is 0 Å². The van der Waals surface area contributed by atoms with Crippen LogP contribution < -0.4 is 0 Å². The lowest BCUT2D eigenvalue weighted by Gasteiger charge is -2.11. The maximum atomic E-state index is 10.9. The Balaban J connectivity index is 2.28. The number of cyclic esters (lactones) is 1. The van der Waals surface area contributed by atoms with Crippen LogP contribution in [0, 0.1) is 0 Å². The van der Waals surface area contributed by atoms with Gasteiger partial charge in [0.15, 0.2) is 5.12 Å². The van der Waals surface area contributed by atoms with Crippen LogP contribution in [0.15, 0.2) is 11.6 Å². The summed E-state index contributed by atoms with van der Waals surface area (Å²) in [7, 11) is 1.50. The predicted molar refractivity (Wildman–Crippen MR) is 57.3 cm³/mol. The molecule has 0 amide bonds. The summed E-state index contributed by atoms with van der Waals surface area (Å²) < 4.78 is 9.86. The van der Waals surface area contributed by atoms with Crippen LogP contribution >= 0.6 is 11.8 Å². The van der Waals surface area contributed by atoms with Crippen molar-refractivity contribution in [1.29, 1.82) is 0 Å². The lowest BCUT2D eigenvalue weighted by atomic mass is 10.1. The van der Waals surface area contributed by atoms with Crippen molar-refractivity contribution in [1.82, 2.24) is 0 Å². The van der Waals surface area contributed by atoms with Gasteiger partial charge in [0.1, 0.15) is 0 Å². The van der Waals surface area contributed by atoms with Crippen molar-refractivity contribution < 1.29 is 19.1 Å². The lowest BCUT2D eigenvalue weighted by molar-refractivity contribution is -0.155. The third kappa shape index (κ3) is 4.05. The summed E-state index contributed by atoms with van der Waals surface area (Å²) in [6.45, 7) is 1.55. The Kier molecular flexibility index (Phi) is 4.84. The minimum Gasteiger partial charge on any atom is -0.428 e. The van der Waals surface area contributed by atoms with Gasteiger partial charge in [0.25, 0.3) is 0 Å². The summed E-state index contributed by atoms with van der Waals surface area (Å²) in [5.74, 6) is 0.410. The number of rotatable bonds is 5. The fraction of sp³-hybridized carbons (Fsp3) is 0.600. The van der Waals surface area contributed by atoms with E-state index in [1.165, 1.54) is 24.9 Å². The monoisotopic (exact) mass is 230 g/mol. The molecular weight excluding hydrogens is 216 g/mol. The quantitative estimate of drug-likeness (QED) is 0.529. The number of carbonyl (C=O) groups is 2. The third-order valence-corrected chi connectivity index (χ3v) is 2.86. The van der Waals surface area contributed by atoms with E-state index in [4.69, 9.17) is 9.47 Å². The minimum absolute atomic E-state index is 0.117. The van der Waals surface area contributed by atoms with Gasteiger partial charge in [0.2, 0.25) is 6.29 Å². The second-order valence-electron chi connectivity index (χ2n) is 3.17. The van der Waals surface area contributed by atoms with Crippen LogP contribution in [-0.2, 0) is 19.1 Å². The SMILES string of the molecule is COC1OC(=O)C=C1CCCSC(C)=O. The van der Waals surface area contributed by atoms with Crippen molar-refractivity contribution in [2.45, 2.75) is 26.1 Å². The molecule has 5 heteroatoms. The Morgan fingerprint density at radius 2 is 2.40 bits per heavy atom.